The molecule has 138 valence electrons. The van der Waals surface area contributed by atoms with Crippen molar-refractivity contribution in [1.29, 1.82) is 0 Å². The van der Waals surface area contributed by atoms with Crippen LogP contribution in [0.5, 0.6) is 0 Å². The normalized spacial score (nSPS) is 25.0. The molecule has 1 heterocycles. The molecular formula is C20H32N4O. The molecule has 1 aromatic heterocycles. The number of hydrogen-bond acceptors (Lipinski definition) is 3. The predicted octanol–water partition coefficient (Wildman–Crippen LogP) is 2.92. The number of guanidine groups is 1. The van der Waals surface area contributed by atoms with Gasteiger partial charge < -0.3 is 15.4 Å². The van der Waals surface area contributed by atoms with Gasteiger partial charge in [0.05, 0.1) is 6.10 Å². The van der Waals surface area contributed by atoms with Crippen LogP contribution in [0.15, 0.2) is 29.4 Å². The molecule has 2 atom stereocenters. The molecule has 5 nitrogen and oxygen atoms in total. The van der Waals surface area contributed by atoms with E-state index in [0.717, 1.165) is 44.2 Å². The van der Waals surface area contributed by atoms with E-state index in [1.165, 1.54) is 25.7 Å². The Morgan fingerprint density at radius 2 is 2.16 bits per heavy atom. The molecule has 0 aromatic carbocycles. The quantitative estimate of drug-likeness (QED) is 0.590. The van der Waals surface area contributed by atoms with E-state index >= 15 is 0 Å². The van der Waals surface area contributed by atoms with Crippen molar-refractivity contribution >= 4 is 5.96 Å². The van der Waals surface area contributed by atoms with Crippen molar-refractivity contribution in [3.63, 3.8) is 0 Å². The van der Waals surface area contributed by atoms with Crippen molar-refractivity contribution in [3.05, 3.63) is 30.1 Å². The zero-order chi connectivity index (χ0) is 17.5. The highest BCUT2D eigenvalue weighted by Gasteiger charge is 2.56. The Morgan fingerprint density at radius 1 is 1.32 bits per heavy atom. The topological polar surface area (TPSA) is 58.5 Å². The third kappa shape index (κ3) is 4.14. The van der Waals surface area contributed by atoms with E-state index in [1.54, 1.807) is 0 Å². The summed E-state index contributed by atoms with van der Waals surface area (Å²) in [5.41, 5.74) is 1.42. The van der Waals surface area contributed by atoms with Crippen LogP contribution in [-0.4, -0.2) is 42.8 Å². The standard InChI is InChI=1S/C20H32N4O/c1-3-21-19(23-14-10-16-9-5-8-13-22-16)24-17-15-18(25-4-2)20(17)11-6-7-12-20/h5,8-9,13,17-18H,3-4,6-7,10-12,14-15H2,1-2H3,(H2,21,23,24). The average Bonchev–Trinajstić information content (AvgIpc) is 3.15. The van der Waals surface area contributed by atoms with Crippen LogP contribution in [-0.2, 0) is 11.2 Å². The Hall–Kier alpha value is -1.62. The van der Waals surface area contributed by atoms with Crippen LogP contribution >= 0.6 is 0 Å². The van der Waals surface area contributed by atoms with Crippen molar-refractivity contribution < 1.29 is 4.74 Å². The molecular weight excluding hydrogens is 312 g/mol. The molecule has 2 aliphatic rings. The monoisotopic (exact) mass is 344 g/mol. The van der Waals surface area contributed by atoms with Gasteiger partial charge in [-0.3, -0.25) is 9.98 Å². The van der Waals surface area contributed by atoms with Gasteiger partial charge in [-0.05, 0) is 45.2 Å². The van der Waals surface area contributed by atoms with Gasteiger partial charge in [-0.15, -0.1) is 0 Å². The van der Waals surface area contributed by atoms with E-state index in [1.807, 2.05) is 18.3 Å². The van der Waals surface area contributed by atoms with Gasteiger partial charge in [0.15, 0.2) is 5.96 Å². The largest absolute Gasteiger partial charge is 0.378 e. The Bertz CT molecular complexity index is 554. The summed E-state index contributed by atoms with van der Waals surface area (Å²) in [6, 6.07) is 6.52. The lowest BCUT2D eigenvalue weighted by atomic mass is 9.60. The first-order valence-electron chi connectivity index (χ1n) is 9.85. The van der Waals surface area contributed by atoms with E-state index in [0.29, 0.717) is 17.6 Å². The molecule has 2 unspecified atom stereocenters. The summed E-state index contributed by atoms with van der Waals surface area (Å²) in [7, 11) is 0. The molecule has 2 aliphatic carbocycles. The maximum absolute atomic E-state index is 6.02. The molecule has 1 aromatic rings. The van der Waals surface area contributed by atoms with Gasteiger partial charge in [-0.2, -0.15) is 0 Å². The summed E-state index contributed by atoms with van der Waals surface area (Å²) in [5.74, 6) is 0.935. The number of aromatic nitrogens is 1. The van der Waals surface area contributed by atoms with Crippen molar-refractivity contribution in [2.75, 3.05) is 19.7 Å². The van der Waals surface area contributed by atoms with Crippen LogP contribution in [0.25, 0.3) is 0 Å². The second kappa shape index (κ2) is 8.65. The predicted molar refractivity (Wildman–Crippen MR) is 102 cm³/mol. The minimum atomic E-state index is 0.327. The van der Waals surface area contributed by atoms with Gasteiger partial charge in [0.25, 0.3) is 0 Å². The summed E-state index contributed by atoms with van der Waals surface area (Å²) in [5, 5.41) is 7.10. The summed E-state index contributed by atoms with van der Waals surface area (Å²) in [6.07, 6.45) is 9.45. The van der Waals surface area contributed by atoms with Crippen molar-refractivity contribution in [3.8, 4) is 0 Å². The maximum Gasteiger partial charge on any atom is 0.191 e. The second-order valence-corrected chi connectivity index (χ2v) is 7.15. The molecule has 5 heteroatoms. The average molecular weight is 345 g/mol. The van der Waals surface area contributed by atoms with Gasteiger partial charge in [0.1, 0.15) is 0 Å². The fourth-order valence-electron chi connectivity index (χ4n) is 4.40. The van der Waals surface area contributed by atoms with Crippen LogP contribution in [0.1, 0.15) is 51.6 Å². The molecule has 0 radical (unpaired) electrons. The summed E-state index contributed by atoms with van der Waals surface area (Å²) in [6.45, 7) is 6.67. The zero-order valence-corrected chi connectivity index (χ0v) is 15.6. The van der Waals surface area contributed by atoms with Gasteiger partial charge in [0, 0.05) is 49.5 Å². The first-order valence-corrected chi connectivity index (χ1v) is 9.85. The van der Waals surface area contributed by atoms with E-state index < -0.39 is 0 Å². The molecule has 3 rings (SSSR count). The SMILES string of the molecule is CCNC(=NCCc1ccccn1)NC1CC(OCC)C12CCCC2. The zero-order valence-electron chi connectivity index (χ0n) is 15.6. The lowest BCUT2D eigenvalue weighted by molar-refractivity contribution is -0.125. The lowest BCUT2D eigenvalue weighted by Crippen LogP contribution is -2.65. The number of pyridine rings is 1. The number of aliphatic imine (C=N–C) groups is 1. The maximum atomic E-state index is 6.02. The third-order valence-electron chi connectivity index (χ3n) is 5.71. The molecule has 0 bridgehead atoms. The smallest absolute Gasteiger partial charge is 0.191 e. The van der Waals surface area contributed by atoms with E-state index in [2.05, 4.69) is 35.5 Å². The molecule has 0 saturated heterocycles. The van der Waals surface area contributed by atoms with Crippen LogP contribution in [0.2, 0.25) is 0 Å². The van der Waals surface area contributed by atoms with E-state index in [-0.39, 0.29) is 0 Å². The first-order chi connectivity index (χ1) is 12.3. The highest BCUT2D eigenvalue weighted by Crippen LogP contribution is 2.54. The second-order valence-electron chi connectivity index (χ2n) is 7.15. The fraction of sp³-hybridized carbons (Fsp3) is 0.700. The minimum Gasteiger partial charge on any atom is -0.378 e. The molecule has 0 aliphatic heterocycles. The molecule has 0 amide bonds. The van der Waals surface area contributed by atoms with Gasteiger partial charge in [0.2, 0.25) is 0 Å². The number of nitrogens with zero attached hydrogens (tertiary/aromatic N) is 2. The Kier molecular flexibility index (Phi) is 6.29. The summed E-state index contributed by atoms with van der Waals surface area (Å²) < 4.78 is 6.02. The molecule has 25 heavy (non-hydrogen) atoms. The van der Waals surface area contributed by atoms with E-state index in [9.17, 15) is 0 Å². The highest BCUT2D eigenvalue weighted by atomic mass is 16.5. The minimum absolute atomic E-state index is 0.327. The van der Waals surface area contributed by atoms with Crippen LogP contribution in [0.3, 0.4) is 0 Å². The third-order valence-corrected chi connectivity index (χ3v) is 5.71. The number of nitrogens with one attached hydrogen (secondary N) is 2. The number of hydrogen-bond donors (Lipinski definition) is 2. The fourth-order valence-corrected chi connectivity index (χ4v) is 4.40. The van der Waals surface area contributed by atoms with E-state index in [4.69, 9.17) is 9.73 Å². The Labute approximate surface area is 151 Å². The van der Waals surface area contributed by atoms with Crippen LogP contribution in [0.4, 0.5) is 0 Å². The molecule has 2 saturated carbocycles. The van der Waals surface area contributed by atoms with Gasteiger partial charge >= 0.3 is 0 Å². The summed E-state index contributed by atoms with van der Waals surface area (Å²) in [4.78, 5) is 9.14. The number of ether oxygens (including phenoxy) is 1. The Balaban J connectivity index is 1.58. The Morgan fingerprint density at radius 3 is 2.84 bits per heavy atom. The van der Waals surface area contributed by atoms with Crippen LogP contribution in [0, 0.1) is 5.41 Å². The first kappa shape index (κ1) is 18.2. The lowest BCUT2D eigenvalue weighted by Gasteiger charge is -2.54. The van der Waals surface area contributed by atoms with Crippen molar-refractivity contribution in [2.24, 2.45) is 10.4 Å². The number of rotatable bonds is 7. The van der Waals surface area contributed by atoms with Gasteiger partial charge in [-0.1, -0.05) is 18.9 Å². The van der Waals surface area contributed by atoms with Crippen molar-refractivity contribution in [2.45, 2.75) is 64.5 Å². The molecule has 2 fully saturated rings. The highest BCUT2D eigenvalue weighted by molar-refractivity contribution is 5.80. The molecule has 2 N–H and O–H groups in total. The molecule has 1 spiro atoms. The van der Waals surface area contributed by atoms with Gasteiger partial charge in [-0.25, -0.2) is 0 Å². The summed E-state index contributed by atoms with van der Waals surface area (Å²) >= 11 is 0. The van der Waals surface area contributed by atoms with Crippen molar-refractivity contribution in [1.82, 2.24) is 15.6 Å². The van der Waals surface area contributed by atoms with Crippen LogP contribution < -0.4 is 10.6 Å².